The van der Waals surface area contributed by atoms with Crippen LogP contribution in [-0.2, 0) is 29.9 Å². The van der Waals surface area contributed by atoms with E-state index in [0.717, 1.165) is 0 Å². The maximum absolute atomic E-state index is 8.74. The Balaban J connectivity index is -0.00000000800. The van der Waals surface area contributed by atoms with Crippen LogP contribution in [0.3, 0.4) is 0 Å². The van der Waals surface area contributed by atoms with Crippen molar-refractivity contribution in [3.63, 3.8) is 0 Å². The van der Waals surface area contributed by atoms with E-state index in [9.17, 15) is 0 Å². The van der Waals surface area contributed by atoms with Gasteiger partial charge < -0.3 is 8.33 Å². The van der Waals surface area contributed by atoms with Crippen molar-refractivity contribution in [3.05, 3.63) is 0 Å². The van der Waals surface area contributed by atoms with E-state index in [-0.39, 0.29) is 76.7 Å². The van der Waals surface area contributed by atoms with E-state index in [1.54, 1.807) is 0 Å². The Morgan fingerprint density at radius 2 is 1.25 bits per heavy atom. The number of hydrogen-bond acceptors (Lipinski definition) is 2. The van der Waals surface area contributed by atoms with Gasteiger partial charge in [-0.15, -0.1) is 0 Å². The minimum atomic E-state index is -4.67. The number of hydrogen-bond donors (Lipinski definition) is 2. The molecule has 8 heteroatoms. The molecule has 46 valence electrons. The molecule has 0 spiro atoms. The summed E-state index contributed by atoms with van der Waals surface area (Å²) in [5.74, 6) is 0. The summed E-state index contributed by atoms with van der Waals surface area (Å²) in [6.07, 6.45) is 0. The molecule has 0 unspecified atom stereocenters. The van der Waals surface area contributed by atoms with Crippen molar-refractivity contribution in [1.29, 1.82) is 0 Å². The first kappa shape index (κ1) is 22.5. The largest absolute Gasteiger partial charge is 2.00 e. The van der Waals surface area contributed by atoms with Crippen LogP contribution in [0.1, 0.15) is 2.85 Å². The minimum absolute atomic E-state index is 0. The summed E-state index contributed by atoms with van der Waals surface area (Å²) >= 11 is 0. The second-order valence-corrected chi connectivity index (χ2v) is 1.34. The van der Waals surface area contributed by atoms with Crippen molar-refractivity contribution in [1.82, 2.24) is 0 Å². The molecule has 4 N–H and O–H groups in total. The van der Waals surface area contributed by atoms with Gasteiger partial charge in [0.05, 0.1) is 0 Å². The molecule has 0 aromatic carbocycles. The first-order valence-electron chi connectivity index (χ1n) is 0.698. The molecule has 0 bridgehead atoms. The second-order valence-electron chi connectivity index (χ2n) is 0.448. The molecule has 0 aliphatic heterocycles. The first-order valence-corrected chi connectivity index (χ1v) is 2.10. The molecule has 8 heavy (non-hydrogen) atoms. The average Bonchev–Trinajstić information content (AvgIpc) is 0.722. The van der Waals surface area contributed by atoms with Crippen molar-refractivity contribution >= 4 is 59.3 Å². The van der Waals surface area contributed by atoms with Crippen molar-refractivity contribution < 1.29 is 45.3 Å². The van der Waals surface area contributed by atoms with Gasteiger partial charge in [0, 0.05) is 19.5 Å². The summed E-state index contributed by atoms with van der Waals surface area (Å²) < 4.78 is 31.6. The molecule has 0 atom stereocenters. The molecule has 0 aromatic rings. The Labute approximate surface area is 103 Å². The zero-order valence-corrected chi connectivity index (χ0v) is 12.3. The fraction of sp³-hybridized carbons (Fsp3) is 0. The first-order chi connectivity index (χ1) is 2.00. The minimum Gasteiger partial charge on any atom is -1.00 e. The summed E-state index contributed by atoms with van der Waals surface area (Å²) in [5, 5.41) is 0. The third-order valence-corrected chi connectivity index (χ3v) is 0. The van der Waals surface area contributed by atoms with Gasteiger partial charge in [0.15, 0.2) is 0 Å². The molecule has 0 rings (SSSR count). The van der Waals surface area contributed by atoms with Crippen LogP contribution < -0.4 is 0 Å². The molecular weight excluding hydrogens is 315 g/mol. The third kappa shape index (κ3) is 96.6. The van der Waals surface area contributed by atoms with Gasteiger partial charge in [0.25, 0.3) is 0 Å². The fourth-order valence-electron chi connectivity index (χ4n) is 0. The maximum Gasteiger partial charge on any atom is 2.00 e. The summed E-state index contributed by atoms with van der Waals surface area (Å²) in [5.41, 5.74) is 0. The quantitative estimate of drug-likeness (QED) is 0.412. The average molecular weight is 321 g/mol. The van der Waals surface area contributed by atoms with Gasteiger partial charge in [0.1, 0.15) is 0 Å². The van der Waals surface area contributed by atoms with Gasteiger partial charge in [-0.1, -0.05) is 0 Å². The molecule has 0 radical (unpaired) electrons. The van der Waals surface area contributed by atoms with Gasteiger partial charge in [-0.25, -0.2) is 0 Å². The van der Waals surface area contributed by atoms with Crippen LogP contribution in [0.2, 0.25) is 0 Å². The van der Waals surface area contributed by atoms with Crippen LogP contribution in [0.25, 0.3) is 0 Å². The van der Waals surface area contributed by atoms with Gasteiger partial charge in [-0.3, -0.25) is 9.11 Å². The predicted molar refractivity (Wildman–Crippen MR) is 25.8 cm³/mol. The predicted octanol–water partition coefficient (Wildman–Crippen LogP) is -1.64. The van der Waals surface area contributed by atoms with Crippen molar-refractivity contribution in [3.8, 4) is 0 Å². The molecule has 0 saturated carbocycles. The third-order valence-electron chi connectivity index (χ3n) is 0. The Kier molecular flexibility index (Phi) is 25.4. The zero-order chi connectivity index (χ0) is 4.50. The van der Waals surface area contributed by atoms with Crippen molar-refractivity contribution in [2.24, 2.45) is 0 Å². The van der Waals surface area contributed by atoms with E-state index in [2.05, 4.69) is 0 Å². The van der Waals surface area contributed by atoms with Crippen LogP contribution >= 0.6 is 0 Å². The molecule has 0 heterocycles. The van der Waals surface area contributed by atoms with E-state index >= 15 is 0 Å². The Morgan fingerprint density at radius 3 is 1.25 bits per heavy atom. The summed E-state index contributed by atoms with van der Waals surface area (Å²) in [6.45, 7) is 0. The van der Waals surface area contributed by atoms with E-state index in [4.69, 9.17) is 17.5 Å². The molecule has 0 aliphatic rings. The Bertz CT molecular complexity index is 103. The van der Waals surface area contributed by atoms with Gasteiger partial charge in [0.2, 0.25) is 0 Å². The standard InChI is InChI=1S/Ba.H2O4S.H2O.Zn.2H/c;1-5(2,3)4;;;;/h;(H2,1,2,3,4);1H2;;;/q+2;;;;2*-1. The number of rotatable bonds is 0. The van der Waals surface area contributed by atoms with E-state index in [1.165, 1.54) is 0 Å². The van der Waals surface area contributed by atoms with E-state index < -0.39 is 10.4 Å². The molecule has 0 saturated heterocycles. The van der Waals surface area contributed by atoms with Crippen LogP contribution in [0, 0.1) is 0 Å². The monoisotopic (exact) mass is 320 g/mol. The summed E-state index contributed by atoms with van der Waals surface area (Å²) in [6, 6.07) is 0. The molecular formula is H6BaO5SZn. The SMILES string of the molecule is O.O=S(=O)(O)O.[Ba+2].[H-].[H-].[Zn]. The molecule has 0 aromatic heterocycles. The smallest absolute Gasteiger partial charge is 1.00 e. The van der Waals surface area contributed by atoms with Crippen LogP contribution in [0.4, 0.5) is 0 Å². The Hall–Kier alpha value is 2.02. The van der Waals surface area contributed by atoms with E-state index in [1.807, 2.05) is 0 Å². The molecule has 0 amide bonds. The Morgan fingerprint density at radius 1 is 1.25 bits per heavy atom. The van der Waals surface area contributed by atoms with Gasteiger partial charge >= 0.3 is 59.3 Å². The van der Waals surface area contributed by atoms with Crippen LogP contribution in [0.15, 0.2) is 0 Å². The summed E-state index contributed by atoms with van der Waals surface area (Å²) in [7, 11) is -4.67. The second kappa shape index (κ2) is 9.02. The van der Waals surface area contributed by atoms with Gasteiger partial charge in [-0.05, 0) is 0 Å². The topological polar surface area (TPSA) is 106 Å². The molecule has 0 fully saturated rings. The molecule has 5 nitrogen and oxygen atoms in total. The van der Waals surface area contributed by atoms with Crippen LogP contribution in [0.5, 0.6) is 0 Å². The molecule has 0 aliphatic carbocycles. The fourth-order valence-corrected chi connectivity index (χ4v) is 0. The van der Waals surface area contributed by atoms with E-state index in [0.29, 0.717) is 0 Å². The van der Waals surface area contributed by atoms with Gasteiger partial charge in [-0.2, -0.15) is 8.42 Å². The van der Waals surface area contributed by atoms with Crippen molar-refractivity contribution in [2.45, 2.75) is 0 Å². The maximum atomic E-state index is 8.74. The summed E-state index contributed by atoms with van der Waals surface area (Å²) in [4.78, 5) is 0. The normalized spacial score (nSPS) is 7.25. The van der Waals surface area contributed by atoms with Crippen molar-refractivity contribution in [2.75, 3.05) is 0 Å². The van der Waals surface area contributed by atoms with Crippen LogP contribution in [-0.4, -0.2) is 71.9 Å². The zero-order valence-electron chi connectivity index (χ0n) is 6.03.